The molecule has 0 aromatic rings. The molecule has 1 heteroatoms. The standard InChI is InChI=1S/C15H31N/c1-5-7-11-15(6-2)16(4)12-14-10-8-9-13(14)3/h13-15H,5-12H2,1-4H3. The second-order valence-electron chi connectivity index (χ2n) is 5.81. The maximum absolute atomic E-state index is 2.64. The highest BCUT2D eigenvalue weighted by molar-refractivity contribution is 4.78. The zero-order valence-corrected chi connectivity index (χ0v) is 11.8. The summed E-state index contributed by atoms with van der Waals surface area (Å²) in [6.07, 6.45) is 9.83. The van der Waals surface area contributed by atoms with E-state index in [1.165, 1.54) is 51.5 Å². The average Bonchev–Trinajstić information content (AvgIpc) is 2.65. The van der Waals surface area contributed by atoms with E-state index in [-0.39, 0.29) is 0 Å². The molecular formula is C15H31N. The van der Waals surface area contributed by atoms with Crippen molar-refractivity contribution < 1.29 is 0 Å². The fraction of sp³-hybridized carbons (Fsp3) is 1.00. The van der Waals surface area contributed by atoms with E-state index in [1.54, 1.807) is 0 Å². The lowest BCUT2D eigenvalue weighted by molar-refractivity contribution is 0.174. The van der Waals surface area contributed by atoms with Crippen LogP contribution in [0.5, 0.6) is 0 Å². The quantitative estimate of drug-likeness (QED) is 0.623. The van der Waals surface area contributed by atoms with Gasteiger partial charge < -0.3 is 4.90 Å². The van der Waals surface area contributed by atoms with Crippen LogP contribution >= 0.6 is 0 Å². The van der Waals surface area contributed by atoms with Gasteiger partial charge in [0.1, 0.15) is 0 Å². The van der Waals surface area contributed by atoms with Crippen molar-refractivity contribution >= 4 is 0 Å². The average molecular weight is 225 g/mol. The van der Waals surface area contributed by atoms with Crippen LogP contribution in [0.15, 0.2) is 0 Å². The van der Waals surface area contributed by atoms with E-state index in [0.717, 1.165) is 17.9 Å². The SMILES string of the molecule is CCCCC(CC)N(C)CC1CCCC1C. The summed E-state index contributed by atoms with van der Waals surface area (Å²) in [6, 6.07) is 0.827. The largest absolute Gasteiger partial charge is 0.303 e. The summed E-state index contributed by atoms with van der Waals surface area (Å²) in [7, 11) is 2.34. The number of nitrogens with zero attached hydrogens (tertiary/aromatic N) is 1. The fourth-order valence-electron chi connectivity index (χ4n) is 3.19. The summed E-state index contributed by atoms with van der Waals surface area (Å²) in [4.78, 5) is 2.64. The minimum atomic E-state index is 0.827. The van der Waals surface area contributed by atoms with E-state index >= 15 is 0 Å². The van der Waals surface area contributed by atoms with Gasteiger partial charge in [-0.3, -0.25) is 0 Å². The molecule has 0 saturated heterocycles. The van der Waals surface area contributed by atoms with Crippen molar-refractivity contribution in [3.05, 3.63) is 0 Å². The summed E-state index contributed by atoms with van der Waals surface area (Å²) < 4.78 is 0. The van der Waals surface area contributed by atoms with Crippen LogP contribution < -0.4 is 0 Å². The van der Waals surface area contributed by atoms with Crippen molar-refractivity contribution in [3.63, 3.8) is 0 Å². The summed E-state index contributed by atoms with van der Waals surface area (Å²) in [6.45, 7) is 8.42. The van der Waals surface area contributed by atoms with E-state index in [2.05, 4.69) is 32.7 Å². The van der Waals surface area contributed by atoms with Crippen LogP contribution in [-0.4, -0.2) is 24.5 Å². The molecule has 0 radical (unpaired) electrons. The summed E-state index contributed by atoms with van der Waals surface area (Å²) in [5.41, 5.74) is 0. The first kappa shape index (κ1) is 14.0. The zero-order chi connectivity index (χ0) is 12.0. The predicted octanol–water partition coefficient (Wildman–Crippen LogP) is 4.32. The van der Waals surface area contributed by atoms with Crippen LogP contribution in [0.2, 0.25) is 0 Å². The number of rotatable bonds is 7. The van der Waals surface area contributed by atoms with Gasteiger partial charge in [0.25, 0.3) is 0 Å². The molecule has 3 unspecified atom stereocenters. The second-order valence-corrected chi connectivity index (χ2v) is 5.81. The summed E-state index contributed by atoms with van der Waals surface area (Å²) in [5, 5.41) is 0. The summed E-state index contributed by atoms with van der Waals surface area (Å²) >= 11 is 0. The van der Waals surface area contributed by atoms with Crippen LogP contribution in [-0.2, 0) is 0 Å². The highest BCUT2D eigenvalue weighted by Crippen LogP contribution is 2.32. The number of hydrogen-bond acceptors (Lipinski definition) is 1. The molecule has 1 rings (SSSR count). The van der Waals surface area contributed by atoms with E-state index in [0.29, 0.717) is 0 Å². The van der Waals surface area contributed by atoms with Crippen molar-refractivity contribution in [2.45, 2.75) is 71.8 Å². The fourth-order valence-corrected chi connectivity index (χ4v) is 3.19. The molecule has 1 nitrogen and oxygen atoms in total. The topological polar surface area (TPSA) is 3.24 Å². The van der Waals surface area contributed by atoms with Crippen LogP contribution in [0.4, 0.5) is 0 Å². The minimum absolute atomic E-state index is 0.827. The van der Waals surface area contributed by atoms with Gasteiger partial charge in [-0.15, -0.1) is 0 Å². The highest BCUT2D eigenvalue weighted by atomic mass is 15.1. The third-order valence-corrected chi connectivity index (χ3v) is 4.55. The van der Waals surface area contributed by atoms with Gasteiger partial charge >= 0.3 is 0 Å². The van der Waals surface area contributed by atoms with Gasteiger partial charge in [-0.25, -0.2) is 0 Å². The minimum Gasteiger partial charge on any atom is -0.303 e. The van der Waals surface area contributed by atoms with Crippen LogP contribution in [0.3, 0.4) is 0 Å². The van der Waals surface area contributed by atoms with Crippen molar-refractivity contribution in [1.82, 2.24) is 4.90 Å². The molecule has 0 aromatic heterocycles. The Morgan fingerprint density at radius 1 is 1.25 bits per heavy atom. The van der Waals surface area contributed by atoms with Crippen molar-refractivity contribution in [2.24, 2.45) is 11.8 Å². The second kappa shape index (κ2) is 7.32. The Bertz CT molecular complexity index is 178. The first-order valence-corrected chi connectivity index (χ1v) is 7.39. The van der Waals surface area contributed by atoms with Gasteiger partial charge in [-0.2, -0.15) is 0 Å². The van der Waals surface area contributed by atoms with E-state index in [4.69, 9.17) is 0 Å². The normalized spacial score (nSPS) is 27.6. The molecule has 16 heavy (non-hydrogen) atoms. The molecule has 0 aromatic carbocycles. The van der Waals surface area contributed by atoms with Gasteiger partial charge in [-0.05, 0) is 38.1 Å². The Morgan fingerprint density at radius 3 is 2.50 bits per heavy atom. The molecule has 1 fully saturated rings. The highest BCUT2D eigenvalue weighted by Gasteiger charge is 2.25. The molecule has 96 valence electrons. The third kappa shape index (κ3) is 4.08. The van der Waals surface area contributed by atoms with Crippen molar-refractivity contribution in [2.75, 3.05) is 13.6 Å². The Hall–Kier alpha value is -0.0400. The van der Waals surface area contributed by atoms with Crippen molar-refractivity contribution in [1.29, 1.82) is 0 Å². The number of hydrogen-bond donors (Lipinski definition) is 0. The lowest BCUT2D eigenvalue weighted by Crippen LogP contribution is -2.35. The van der Waals surface area contributed by atoms with Gasteiger partial charge in [0.05, 0.1) is 0 Å². The smallest absolute Gasteiger partial charge is 0.00897 e. The Balaban J connectivity index is 2.33. The monoisotopic (exact) mass is 225 g/mol. The van der Waals surface area contributed by atoms with Crippen LogP contribution in [0.1, 0.15) is 65.7 Å². The Labute approximate surface area is 103 Å². The lowest BCUT2D eigenvalue weighted by atomic mass is 9.96. The van der Waals surface area contributed by atoms with Crippen LogP contribution in [0.25, 0.3) is 0 Å². The molecule has 0 aliphatic heterocycles. The molecule has 0 N–H and O–H groups in total. The molecule has 0 bridgehead atoms. The lowest BCUT2D eigenvalue weighted by Gasteiger charge is -2.31. The predicted molar refractivity (Wildman–Crippen MR) is 72.7 cm³/mol. The molecule has 1 aliphatic rings. The van der Waals surface area contributed by atoms with E-state index in [1.807, 2.05) is 0 Å². The van der Waals surface area contributed by atoms with Gasteiger partial charge in [0.2, 0.25) is 0 Å². The van der Waals surface area contributed by atoms with Gasteiger partial charge in [0.15, 0.2) is 0 Å². The van der Waals surface area contributed by atoms with Crippen LogP contribution in [0, 0.1) is 11.8 Å². The van der Waals surface area contributed by atoms with Gasteiger partial charge in [0, 0.05) is 12.6 Å². The third-order valence-electron chi connectivity index (χ3n) is 4.55. The molecular weight excluding hydrogens is 194 g/mol. The first-order chi connectivity index (χ1) is 7.69. The maximum atomic E-state index is 2.64. The molecule has 1 aliphatic carbocycles. The zero-order valence-electron chi connectivity index (χ0n) is 11.8. The molecule has 3 atom stereocenters. The maximum Gasteiger partial charge on any atom is 0.00897 e. The van der Waals surface area contributed by atoms with Gasteiger partial charge in [-0.1, -0.05) is 46.5 Å². The molecule has 0 heterocycles. The van der Waals surface area contributed by atoms with E-state index in [9.17, 15) is 0 Å². The van der Waals surface area contributed by atoms with E-state index < -0.39 is 0 Å². The summed E-state index contributed by atoms with van der Waals surface area (Å²) in [5.74, 6) is 1.94. The number of unbranched alkanes of at least 4 members (excludes halogenated alkanes) is 1. The van der Waals surface area contributed by atoms with Crippen molar-refractivity contribution in [3.8, 4) is 0 Å². The first-order valence-electron chi connectivity index (χ1n) is 7.39. The Morgan fingerprint density at radius 2 is 2.00 bits per heavy atom. The molecule has 0 spiro atoms. The molecule has 0 amide bonds. The Kier molecular flexibility index (Phi) is 6.41. The molecule has 1 saturated carbocycles.